The van der Waals surface area contributed by atoms with Gasteiger partial charge >= 0.3 is 5.97 Å². The molecule has 0 bridgehead atoms. The number of benzene rings is 1. The van der Waals surface area contributed by atoms with Crippen molar-refractivity contribution < 1.29 is 19.7 Å². The predicted molar refractivity (Wildman–Crippen MR) is 70.1 cm³/mol. The first-order valence-electron chi connectivity index (χ1n) is 6.28. The molecule has 1 saturated heterocycles. The Morgan fingerprint density at radius 1 is 1.47 bits per heavy atom. The normalized spacial score (nSPS) is 28.1. The van der Waals surface area contributed by atoms with Gasteiger partial charge in [0.1, 0.15) is 5.75 Å². The number of methoxy groups -OCH3 is 1. The van der Waals surface area contributed by atoms with Gasteiger partial charge < -0.3 is 14.9 Å². The topological polar surface area (TPSA) is 70.0 Å². The van der Waals surface area contributed by atoms with E-state index in [0.717, 1.165) is 11.3 Å². The van der Waals surface area contributed by atoms with Crippen molar-refractivity contribution >= 4 is 5.97 Å². The molecular formula is C14H19NO4. The molecule has 0 aliphatic carbocycles. The van der Waals surface area contributed by atoms with Crippen LogP contribution >= 0.6 is 0 Å². The molecule has 2 N–H and O–H groups in total. The van der Waals surface area contributed by atoms with Gasteiger partial charge in [0, 0.05) is 12.6 Å². The molecular weight excluding hydrogens is 246 g/mol. The van der Waals surface area contributed by atoms with Gasteiger partial charge in [-0.15, -0.1) is 0 Å². The predicted octanol–water partition coefficient (Wildman–Crippen LogP) is 1.13. The maximum Gasteiger partial charge on any atom is 0.310 e. The van der Waals surface area contributed by atoms with E-state index in [1.807, 2.05) is 36.2 Å². The average Bonchev–Trinajstić information content (AvgIpc) is 2.40. The van der Waals surface area contributed by atoms with Crippen molar-refractivity contribution in [2.45, 2.75) is 18.6 Å². The number of carbonyl (C=O) groups is 1. The SMILES string of the molecule is COc1cccc(C2CC(O)C(C(=O)O)CN2C)c1. The molecule has 1 aliphatic heterocycles. The highest BCUT2D eigenvalue weighted by Crippen LogP contribution is 2.33. The zero-order valence-corrected chi connectivity index (χ0v) is 11.1. The highest BCUT2D eigenvalue weighted by molar-refractivity contribution is 5.71. The zero-order chi connectivity index (χ0) is 14.0. The summed E-state index contributed by atoms with van der Waals surface area (Å²) in [6, 6.07) is 7.67. The van der Waals surface area contributed by atoms with Crippen molar-refractivity contribution in [2.24, 2.45) is 5.92 Å². The van der Waals surface area contributed by atoms with Gasteiger partial charge in [0.2, 0.25) is 0 Å². The van der Waals surface area contributed by atoms with Crippen LogP contribution in [-0.2, 0) is 4.79 Å². The first-order chi connectivity index (χ1) is 9.02. The summed E-state index contributed by atoms with van der Waals surface area (Å²) in [4.78, 5) is 13.0. The van der Waals surface area contributed by atoms with E-state index in [2.05, 4.69) is 0 Å². The highest BCUT2D eigenvalue weighted by atomic mass is 16.5. The van der Waals surface area contributed by atoms with Gasteiger partial charge in [0.15, 0.2) is 0 Å². The van der Waals surface area contributed by atoms with Crippen LogP contribution in [0.1, 0.15) is 18.0 Å². The number of carboxylic acids is 1. The summed E-state index contributed by atoms with van der Waals surface area (Å²) in [5.41, 5.74) is 1.03. The average molecular weight is 265 g/mol. The second-order valence-electron chi connectivity index (χ2n) is 4.98. The van der Waals surface area contributed by atoms with E-state index in [0.29, 0.717) is 13.0 Å². The molecule has 104 valence electrons. The monoisotopic (exact) mass is 265 g/mol. The minimum Gasteiger partial charge on any atom is -0.497 e. The number of aliphatic hydroxyl groups excluding tert-OH is 1. The van der Waals surface area contributed by atoms with E-state index < -0.39 is 18.0 Å². The van der Waals surface area contributed by atoms with Gasteiger partial charge in [-0.3, -0.25) is 9.69 Å². The number of hydrogen-bond acceptors (Lipinski definition) is 4. The van der Waals surface area contributed by atoms with Gasteiger partial charge in [-0.2, -0.15) is 0 Å². The Bertz CT molecular complexity index is 463. The Morgan fingerprint density at radius 2 is 2.21 bits per heavy atom. The van der Waals surface area contributed by atoms with Crippen molar-refractivity contribution in [3.05, 3.63) is 29.8 Å². The molecule has 3 atom stereocenters. The molecule has 5 heteroatoms. The van der Waals surface area contributed by atoms with Gasteiger partial charge in [0.05, 0.1) is 19.1 Å². The first-order valence-corrected chi connectivity index (χ1v) is 6.28. The van der Waals surface area contributed by atoms with E-state index >= 15 is 0 Å². The van der Waals surface area contributed by atoms with E-state index in [4.69, 9.17) is 9.84 Å². The van der Waals surface area contributed by atoms with Crippen LogP contribution < -0.4 is 4.74 Å². The third kappa shape index (κ3) is 2.88. The van der Waals surface area contributed by atoms with Gasteiger partial charge in [-0.1, -0.05) is 12.1 Å². The number of aliphatic carboxylic acids is 1. The fourth-order valence-electron chi connectivity index (χ4n) is 2.61. The smallest absolute Gasteiger partial charge is 0.310 e. The van der Waals surface area contributed by atoms with E-state index in [1.165, 1.54) is 0 Å². The van der Waals surface area contributed by atoms with Crippen LogP contribution in [0.2, 0.25) is 0 Å². The highest BCUT2D eigenvalue weighted by Gasteiger charge is 2.37. The van der Waals surface area contributed by atoms with Crippen LogP contribution in [0.3, 0.4) is 0 Å². The molecule has 1 aliphatic rings. The van der Waals surface area contributed by atoms with Crippen molar-refractivity contribution in [3.63, 3.8) is 0 Å². The van der Waals surface area contributed by atoms with Gasteiger partial charge in [-0.25, -0.2) is 0 Å². The summed E-state index contributed by atoms with van der Waals surface area (Å²) >= 11 is 0. The Labute approximate surface area is 112 Å². The lowest BCUT2D eigenvalue weighted by molar-refractivity contribution is -0.150. The molecule has 1 fully saturated rings. The summed E-state index contributed by atoms with van der Waals surface area (Å²) in [5.74, 6) is -0.893. The summed E-state index contributed by atoms with van der Waals surface area (Å²) in [6.45, 7) is 0.346. The number of aliphatic hydroxyl groups is 1. The minimum atomic E-state index is -0.941. The summed E-state index contributed by atoms with van der Waals surface area (Å²) in [5, 5.41) is 19.0. The molecule has 3 unspecified atom stereocenters. The van der Waals surface area contributed by atoms with Crippen LogP contribution in [-0.4, -0.2) is 47.9 Å². The van der Waals surface area contributed by atoms with Crippen LogP contribution in [0.4, 0.5) is 0 Å². The standard InChI is InChI=1S/C14H19NO4/c1-15-8-11(14(17)18)13(16)7-12(15)9-4-3-5-10(6-9)19-2/h3-6,11-13,16H,7-8H2,1-2H3,(H,17,18). The molecule has 0 amide bonds. The molecule has 5 nitrogen and oxygen atoms in total. The number of hydrogen-bond donors (Lipinski definition) is 2. The third-order valence-corrected chi connectivity index (χ3v) is 3.74. The van der Waals surface area contributed by atoms with Crippen LogP contribution in [0.15, 0.2) is 24.3 Å². The molecule has 1 aromatic rings. The van der Waals surface area contributed by atoms with Crippen molar-refractivity contribution in [3.8, 4) is 5.75 Å². The molecule has 0 aromatic heterocycles. The zero-order valence-electron chi connectivity index (χ0n) is 11.1. The molecule has 1 heterocycles. The summed E-state index contributed by atoms with van der Waals surface area (Å²) < 4.78 is 5.19. The number of carboxylic acid groups (broad SMARTS) is 1. The van der Waals surface area contributed by atoms with E-state index in [-0.39, 0.29) is 6.04 Å². The Balaban J connectivity index is 2.19. The van der Waals surface area contributed by atoms with Crippen molar-refractivity contribution in [1.29, 1.82) is 0 Å². The third-order valence-electron chi connectivity index (χ3n) is 3.74. The summed E-state index contributed by atoms with van der Waals surface area (Å²) in [6.07, 6.45) is -0.398. The number of nitrogens with zero attached hydrogens (tertiary/aromatic N) is 1. The number of ether oxygens (including phenoxy) is 1. The lowest BCUT2D eigenvalue weighted by Crippen LogP contribution is -2.46. The van der Waals surface area contributed by atoms with E-state index in [9.17, 15) is 9.90 Å². The van der Waals surface area contributed by atoms with Crippen LogP contribution in [0.25, 0.3) is 0 Å². The maximum atomic E-state index is 11.0. The molecule has 1 aromatic carbocycles. The largest absolute Gasteiger partial charge is 0.497 e. The lowest BCUT2D eigenvalue weighted by Gasteiger charge is -2.38. The second kappa shape index (κ2) is 5.59. The van der Waals surface area contributed by atoms with Gasteiger partial charge in [0.25, 0.3) is 0 Å². The fourth-order valence-corrected chi connectivity index (χ4v) is 2.61. The second-order valence-corrected chi connectivity index (χ2v) is 4.98. The number of rotatable bonds is 3. The molecule has 19 heavy (non-hydrogen) atoms. The fraction of sp³-hybridized carbons (Fsp3) is 0.500. The maximum absolute atomic E-state index is 11.0. The quantitative estimate of drug-likeness (QED) is 0.857. The number of piperidine rings is 1. The Morgan fingerprint density at radius 3 is 2.84 bits per heavy atom. The Hall–Kier alpha value is -1.59. The molecule has 0 saturated carbocycles. The molecule has 2 rings (SSSR count). The van der Waals surface area contributed by atoms with E-state index in [1.54, 1.807) is 7.11 Å². The summed E-state index contributed by atoms with van der Waals surface area (Å²) in [7, 11) is 3.49. The lowest BCUT2D eigenvalue weighted by atomic mass is 9.87. The molecule has 0 radical (unpaired) electrons. The molecule has 0 spiro atoms. The van der Waals surface area contributed by atoms with Crippen LogP contribution in [0, 0.1) is 5.92 Å². The number of likely N-dealkylation sites (tertiary alicyclic amines) is 1. The van der Waals surface area contributed by atoms with Crippen molar-refractivity contribution in [1.82, 2.24) is 4.90 Å². The first kappa shape index (κ1) is 13.8. The Kier molecular flexibility index (Phi) is 4.07. The van der Waals surface area contributed by atoms with Crippen molar-refractivity contribution in [2.75, 3.05) is 20.7 Å². The van der Waals surface area contributed by atoms with Crippen LogP contribution in [0.5, 0.6) is 5.75 Å². The van der Waals surface area contributed by atoms with Gasteiger partial charge in [-0.05, 0) is 31.2 Å². The minimum absolute atomic E-state index is 0.0145.